The first kappa shape index (κ1) is 42.7. The minimum absolute atomic E-state index is 0.00202. The molecule has 3 aliphatic carbocycles. The molecule has 1 aliphatic heterocycles. The van der Waals surface area contributed by atoms with E-state index in [1.807, 2.05) is 21.6 Å². The van der Waals surface area contributed by atoms with Crippen molar-refractivity contribution in [3.63, 3.8) is 0 Å². The number of nitrogens with one attached hydrogen (secondary N) is 1. The van der Waals surface area contributed by atoms with Crippen molar-refractivity contribution in [2.24, 2.45) is 17.3 Å². The van der Waals surface area contributed by atoms with Gasteiger partial charge in [-0.3, -0.25) is 14.6 Å². The molecule has 0 aromatic heterocycles. The fourth-order valence-corrected chi connectivity index (χ4v) is 11.7. The number of hydrogen-bond acceptors (Lipinski definition) is 8. The first-order valence-electron chi connectivity index (χ1n) is 18.9. The average Bonchev–Trinajstić information content (AvgIpc) is 3.62. The molecule has 1 aromatic rings. The lowest BCUT2D eigenvalue weighted by molar-refractivity contribution is -0.374. The summed E-state index contributed by atoms with van der Waals surface area (Å²) in [6.07, 6.45) is -2.67. The Morgan fingerprint density at radius 3 is 2.51 bits per heavy atom. The van der Waals surface area contributed by atoms with Gasteiger partial charge in [-0.25, -0.2) is 0 Å². The van der Waals surface area contributed by atoms with E-state index in [9.17, 15) is 31.1 Å². The minimum atomic E-state index is -5.59. The minimum Gasteiger partial charge on any atom is -0.494 e. The Balaban J connectivity index is 1.03. The number of likely N-dealkylation sites (N-methyl/N-ethyl adjacent to an activating group) is 2. The van der Waals surface area contributed by atoms with Crippen molar-refractivity contribution in [1.82, 2.24) is 15.1 Å². The molecule has 1 amide bonds. The molecule has 1 saturated heterocycles. The lowest BCUT2D eigenvalue weighted by atomic mass is 9.55. The van der Waals surface area contributed by atoms with Crippen LogP contribution in [0.1, 0.15) is 82.3 Å². The Kier molecular flexibility index (Phi) is 14.4. The van der Waals surface area contributed by atoms with E-state index in [2.05, 4.69) is 47.1 Å². The lowest BCUT2D eigenvalue weighted by Crippen LogP contribution is -2.56. The summed E-state index contributed by atoms with van der Waals surface area (Å²) < 4.78 is 94.5. The molecule has 4 aliphatic rings. The Labute approximate surface area is 318 Å². The van der Waals surface area contributed by atoms with Crippen LogP contribution in [0.15, 0.2) is 18.2 Å². The summed E-state index contributed by atoms with van der Waals surface area (Å²) >= 11 is 0. The van der Waals surface area contributed by atoms with Gasteiger partial charge in [0.15, 0.2) is 0 Å². The van der Waals surface area contributed by atoms with E-state index in [0.717, 1.165) is 75.2 Å². The van der Waals surface area contributed by atoms with Crippen LogP contribution in [-0.4, -0.2) is 117 Å². The number of ether oxygens (including phenoxy) is 3. The number of alkyl halides is 6. The average molecular weight is 798 g/mol. The number of rotatable bonds is 17. The van der Waals surface area contributed by atoms with Crippen LogP contribution in [0.2, 0.25) is 0 Å². The number of nitrogens with zero attached hydrogens (tertiary/aromatic N) is 2. The first-order valence-corrected chi connectivity index (χ1v) is 21.4. The van der Waals surface area contributed by atoms with E-state index in [1.54, 1.807) is 19.1 Å². The second-order valence-corrected chi connectivity index (χ2v) is 18.6. The molecule has 5 rings (SSSR count). The smallest absolute Gasteiger partial charge is 0.426 e. The Morgan fingerprint density at radius 1 is 1.06 bits per heavy atom. The quantitative estimate of drug-likeness (QED) is 0.0965. The van der Waals surface area contributed by atoms with Crippen molar-refractivity contribution in [2.75, 3.05) is 65.6 Å². The molecule has 302 valence electrons. The SMILES string of the molecule is CO[C@H]1C[C@H](CSSCCCOc2ccc3c(c2)CCC2C3CC[C@@]3(C)C2CC[C@@H]3NC(=O)CN(C)CCCOC(C)(C(F)(F)F)C(F)(F)F)N(C)C1. The molecule has 15 heteroatoms. The Morgan fingerprint density at radius 2 is 1.81 bits per heavy atom. The number of likely N-dealkylation sites (tertiary alicyclic amines) is 1. The highest BCUT2D eigenvalue weighted by atomic mass is 33.1. The van der Waals surface area contributed by atoms with Crippen molar-refractivity contribution in [2.45, 2.75) is 114 Å². The van der Waals surface area contributed by atoms with Gasteiger partial charge in [0.05, 0.1) is 19.3 Å². The third-order valence-corrected chi connectivity index (χ3v) is 15.1. The summed E-state index contributed by atoms with van der Waals surface area (Å²) in [7, 11) is 9.46. The summed E-state index contributed by atoms with van der Waals surface area (Å²) in [5.74, 6) is 4.47. The number of benzene rings is 1. The van der Waals surface area contributed by atoms with Crippen LogP contribution in [0.25, 0.3) is 0 Å². The number of methoxy groups -OCH3 is 1. The number of aryl methyl sites for hydroxylation is 1. The van der Waals surface area contributed by atoms with Crippen molar-refractivity contribution in [3.8, 4) is 5.75 Å². The van der Waals surface area contributed by atoms with Crippen LogP contribution in [0.3, 0.4) is 0 Å². The first-order chi connectivity index (χ1) is 25.0. The van der Waals surface area contributed by atoms with E-state index in [1.165, 1.54) is 11.1 Å². The maximum Gasteiger partial charge on any atom is 0.426 e. The van der Waals surface area contributed by atoms with Gasteiger partial charge in [0.1, 0.15) is 5.75 Å². The monoisotopic (exact) mass is 797 g/mol. The molecule has 1 N–H and O–H groups in total. The molecular weight excluding hydrogens is 741 g/mol. The van der Waals surface area contributed by atoms with Gasteiger partial charge in [-0.15, -0.1) is 0 Å². The van der Waals surface area contributed by atoms with Gasteiger partial charge in [0.25, 0.3) is 5.60 Å². The topological polar surface area (TPSA) is 63.3 Å². The lowest BCUT2D eigenvalue weighted by Gasteiger charge is -2.51. The van der Waals surface area contributed by atoms with Gasteiger partial charge in [-0.2, -0.15) is 26.3 Å². The van der Waals surface area contributed by atoms with Crippen LogP contribution in [0.4, 0.5) is 26.3 Å². The molecule has 7 atom stereocenters. The molecular formula is C38H57F6N3O4S2. The maximum atomic E-state index is 13.1. The molecule has 1 heterocycles. The van der Waals surface area contributed by atoms with Crippen molar-refractivity contribution >= 4 is 27.5 Å². The number of amides is 1. The third-order valence-electron chi connectivity index (χ3n) is 12.6. The maximum absolute atomic E-state index is 13.1. The second-order valence-electron chi connectivity index (χ2n) is 16.0. The fraction of sp³-hybridized carbons (Fsp3) is 0.816. The van der Waals surface area contributed by atoms with Crippen LogP contribution >= 0.6 is 21.6 Å². The molecule has 0 radical (unpaired) electrons. The number of carbonyl (C=O) groups is 1. The van der Waals surface area contributed by atoms with Crippen molar-refractivity contribution < 1.29 is 45.3 Å². The summed E-state index contributed by atoms with van der Waals surface area (Å²) in [4.78, 5) is 17.1. The number of fused-ring (bicyclic) bond motifs is 5. The molecule has 53 heavy (non-hydrogen) atoms. The zero-order chi connectivity index (χ0) is 38.6. The van der Waals surface area contributed by atoms with Gasteiger partial charge in [0, 0.05) is 50.4 Å². The number of hydrogen-bond donors (Lipinski definition) is 1. The van der Waals surface area contributed by atoms with Gasteiger partial charge < -0.3 is 19.5 Å². The normalized spacial score (nSPS) is 29.2. The summed E-state index contributed by atoms with van der Waals surface area (Å²) in [5.41, 5.74) is -1.43. The summed E-state index contributed by atoms with van der Waals surface area (Å²) in [6.45, 7) is 3.40. The molecule has 0 spiro atoms. The predicted octanol–water partition coefficient (Wildman–Crippen LogP) is 8.12. The Hall–Kier alpha value is -1.39. The van der Waals surface area contributed by atoms with E-state index >= 15 is 0 Å². The molecule has 2 saturated carbocycles. The number of halogens is 6. The molecule has 3 unspecified atom stereocenters. The van der Waals surface area contributed by atoms with Crippen LogP contribution in [0, 0.1) is 17.3 Å². The van der Waals surface area contributed by atoms with Crippen LogP contribution in [0.5, 0.6) is 5.75 Å². The Bertz CT molecular complexity index is 1360. The highest BCUT2D eigenvalue weighted by Gasteiger charge is 2.69. The van der Waals surface area contributed by atoms with E-state index in [4.69, 9.17) is 9.47 Å². The van der Waals surface area contributed by atoms with Crippen molar-refractivity contribution in [3.05, 3.63) is 29.3 Å². The van der Waals surface area contributed by atoms with Crippen LogP contribution < -0.4 is 10.1 Å². The molecule has 1 aromatic carbocycles. The van der Waals surface area contributed by atoms with E-state index in [-0.39, 0.29) is 43.8 Å². The third kappa shape index (κ3) is 9.95. The van der Waals surface area contributed by atoms with Crippen LogP contribution in [-0.2, 0) is 20.7 Å². The zero-order valence-electron chi connectivity index (χ0n) is 31.6. The van der Waals surface area contributed by atoms with Gasteiger partial charge in [-0.1, -0.05) is 34.6 Å². The fourth-order valence-electron chi connectivity index (χ4n) is 9.27. The highest BCUT2D eigenvalue weighted by molar-refractivity contribution is 8.76. The van der Waals surface area contributed by atoms with E-state index < -0.39 is 24.6 Å². The molecule has 7 nitrogen and oxygen atoms in total. The predicted molar refractivity (Wildman–Crippen MR) is 198 cm³/mol. The standard InChI is InChI=1S/C38H57F6N3O4S2/c1-35-15-14-30-29-11-9-27(50-17-7-19-52-53-24-26-21-28(49-5)22-47(26)4)20-25(29)8-10-31(30)32(35)12-13-33(35)45-34(48)23-46(3)16-6-18-51-36(2,37(39,40)41)38(42,43)44/h9,11,20,26,28,30-33H,6-8,10,12-19,21-24H2,1-5H3,(H,45,48)/t26-,28+,30?,31?,32?,33+,35+/m1/s1. The summed E-state index contributed by atoms with van der Waals surface area (Å²) in [5, 5.41) is 3.24. The second kappa shape index (κ2) is 17.8. The van der Waals surface area contributed by atoms with Gasteiger partial charge in [-0.05, 0) is 125 Å². The largest absolute Gasteiger partial charge is 0.494 e. The molecule has 3 fully saturated rings. The highest BCUT2D eigenvalue weighted by Crippen LogP contribution is 2.61. The van der Waals surface area contributed by atoms with Crippen molar-refractivity contribution in [1.29, 1.82) is 0 Å². The van der Waals surface area contributed by atoms with Gasteiger partial charge >= 0.3 is 12.4 Å². The molecule has 0 bridgehead atoms. The number of carbonyl (C=O) groups excluding carboxylic acids is 1. The summed E-state index contributed by atoms with van der Waals surface area (Å²) in [6, 6.07) is 7.26. The van der Waals surface area contributed by atoms with Gasteiger partial charge in [0.2, 0.25) is 5.91 Å². The van der Waals surface area contributed by atoms with E-state index in [0.29, 0.717) is 36.5 Å². The zero-order valence-corrected chi connectivity index (χ0v) is 33.3.